The second-order valence-corrected chi connectivity index (χ2v) is 3.82. The van der Waals surface area contributed by atoms with Crippen LogP contribution >= 0.6 is 0 Å². The van der Waals surface area contributed by atoms with Gasteiger partial charge in [0.1, 0.15) is 24.1 Å². The first-order valence-electron chi connectivity index (χ1n) is 5.47. The first-order chi connectivity index (χ1) is 8.36. The number of hydrogen-bond acceptors (Lipinski definition) is 2. The van der Waals surface area contributed by atoms with E-state index in [0.29, 0.717) is 12.2 Å². The molecule has 0 aromatic heterocycles. The Morgan fingerprint density at radius 2 is 2.00 bits per heavy atom. The number of amidine groups is 1. The Morgan fingerprint density at radius 1 is 1.39 bits per heavy atom. The van der Waals surface area contributed by atoms with Gasteiger partial charge >= 0.3 is 6.18 Å². The van der Waals surface area contributed by atoms with E-state index >= 15 is 0 Å². The number of halogens is 3. The Balaban J connectivity index is 2.77. The lowest BCUT2D eigenvalue weighted by atomic mass is 10.1. The van der Waals surface area contributed by atoms with E-state index in [2.05, 4.69) is 0 Å². The summed E-state index contributed by atoms with van der Waals surface area (Å²) in [5.41, 5.74) is 5.76. The molecule has 0 heterocycles. The largest absolute Gasteiger partial charge is 0.492 e. The van der Waals surface area contributed by atoms with Crippen molar-refractivity contribution in [2.24, 2.45) is 11.7 Å². The maximum absolute atomic E-state index is 12.6. The van der Waals surface area contributed by atoms with Crippen LogP contribution in [0.4, 0.5) is 13.2 Å². The van der Waals surface area contributed by atoms with E-state index in [1.165, 1.54) is 0 Å². The number of benzene rings is 1. The number of ether oxygens (including phenoxy) is 1. The normalized spacial score (nSPS) is 13.1. The summed E-state index contributed by atoms with van der Waals surface area (Å²) in [5.74, 6) is -2.60. The Morgan fingerprint density at radius 3 is 2.50 bits per heavy atom. The molecule has 18 heavy (non-hydrogen) atoms. The van der Waals surface area contributed by atoms with Crippen molar-refractivity contribution >= 4 is 5.84 Å². The van der Waals surface area contributed by atoms with Crippen LogP contribution in [0.15, 0.2) is 24.3 Å². The molecule has 1 aromatic rings. The van der Waals surface area contributed by atoms with Crippen LogP contribution in [0.25, 0.3) is 0 Å². The third-order valence-electron chi connectivity index (χ3n) is 2.53. The number of rotatable bonds is 5. The zero-order valence-electron chi connectivity index (χ0n) is 9.92. The monoisotopic (exact) mass is 260 g/mol. The van der Waals surface area contributed by atoms with Crippen molar-refractivity contribution in [3.05, 3.63) is 29.8 Å². The van der Waals surface area contributed by atoms with Gasteiger partial charge in [0, 0.05) is 0 Å². The number of para-hydroxylation sites is 1. The van der Waals surface area contributed by atoms with E-state index in [1.807, 2.05) is 6.92 Å². The maximum atomic E-state index is 12.6. The molecule has 6 heteroatoms. The highest BCUT2D eigenvalue weighted by Crippen LogP contribution is 2.27. The fourth-order valence-corrected chi connectivity index (χ4v) is 1.47. The molecule has 100 valence electrons. The van der Waals surface area contributed by atoms with Crippen molar-refractivity contribution in [2.45, 2.75) is 19.5 Å². The summed E-state index contributed by atoms with van der Waals surface area (Å²) in [5, 5.41) is 6.95. The summed E-state index contributed by atoms with van der Waals surface area (Å²) < 4.78 is 42.8. The quantitative estimate of drug-likeness (QED) is 0.631. The van der Waals surface area contributed by atoms with Gasteiger partial charge in [-0.2, -0.15) is 13.2 Å². The first-order valence-corrected chi connectivity index (χ1v) is 5.47. The molecule has 0 amide bonds. The first kappa shape index (κ1) is 14.3. The zero-order chi connectivity index (χ0) is 13.8. The van der Waals surface area contributed by atoms with Crippen molar-refractivity contribution in [1.29, 1.82) is 5.41 Å². The number of nitrogens with two attached hydrogens (primary N) is 1. The minimum Gasteiger partial charge on any atom is -0.492 e. The minimum atomic E-state index is -4.56. The predicted octanol–water partition coefficient (Wildman–Crippen LogP) is 2.74. The van der Waals surface area contributed by atoms with Gasteiger partial charge < -0.3 is 10.5 Å². The molecule has 0 spiro atoms. The van der Waals surface area contributed by atoms with Crippen LogP contribution in [0.3, 0.4) is 0 Å². The maximum Gasteiger partial charge on any atom is 0.401 e. The molecule has 0 aliphatic rings. The summed E-state index contributed by atoms with van der Waals surface area (Å²) in [6.07, 6.45) is -3.90. The van der Waals surface area contributed by atoms with Crippen molar-refractivity contribution in [3.8, 4) is 5.75 Å². The molecule has 0 radical (unpaired) electrons. The minimum absolute atomic E-state index is 0.399. The van der Waals surface area contributed by atoms with E-state index in [0.717, 1.165) is 5.56 Å². The molecule has 3 nitrogen and oxygen atoms in total. The highest BCUT2D eigenvalue weighted by Gasteiger charge is 2.42. The standard InChI is InChI=1S/C12H15F3N2O/c1-2-8-5-3-4-6-10(8)18-7-9(11(16)17)12(13,14)15/h3-6,9H,2,7H2,1H3,(H3,16,17). The molecule has 0 aliphatic carbocycles. The number of alkyl halides is 3. The van der Waals surface area contributed by atoms with Crippen molar-refractivity contribution < 1.29 is 17.9 Å². The summed E-state index contributed by atoms with van der Waals surface area (Å²) in [6, 6.07) is 6.86. The predicted molar refractivity (Wildman–Crippen MR) is 62.8 cm³/mol. The fourth-order valence-electron chi connectivity index (χ4n) is 1.47. The van der Waals surface area contributed by atoms with Gasteiger partial charge in [0.2, 0.25) is 0 Å². The molecule has 0 fully saturated rings. The highest BCUT2D eigenvalue weighted by molar-refractivity contribution is 5.80. The lowest BCUT2D eigenvalue weighted by Gasteiger charge is -2.20. The van der Waals surface area contributed by atoms with Gasteiger partial charge in [-0.25, -0.2) is 0 Å². The van der Waals surface area contributed by atoms with Crippen LogP contribution in [0.2, 0.25) is 0 Å². The van der Waals surface area contributed by atoms with Gasteiger partial charge in [0.15, 0.2) is 0 Å². The van der Waals surface area contributed by atoms with E-state index < -0.39 is 24.5 Å². The highest BCUT2D eigenvalue weighted by atomic mass is 19.4. The van der Waals surface area contributed by atoms with Gasteiger partial charge in [-0.15, -0.1) is 0 Å². The van der Waals surface area contributed by atoms with Crippen LogP contribution in [-0.4, -0.2) is 18.6 Å². The number of hydrogen-bond donors (Lipinski definition) is 2. The number of nitrogens with one attached hydrogen (secondary N) is 1. The smallest absolute Gasteiger partial charge is 0.401 e. The summed E-state index contributed by atoms with van der Waals surface area (Å²) in [4.78, 5) is 0. The summed E-state index contributed by atoms with van der Waals surface area (Å²) in [6.45, 7) is 1.21. The zero-order valence-corrected chi connectivity index (χ0v) is 9.92. The van der Waals surface area contributed by atoms with Crippen molar-refractivity contribution in [3.63, 3.8) is 0 Å². The van der Waals surface area contributed by atoms with Gasteiger partial charge in [-0.3, -0.25) is 5.41 Å². The lowest BCUT2D eigenvalue weighted by Crippen LogP contribution is -2.39. The SMILES string of the molecule is CCc1ccccc1OCC(C(=N)N)C(F)(F)F. The Kier molecular flexibility index (Phi) is 4.58. The molecule has 1 atom stereocenters. The third-order valence-corrected chi connectivity index (χ3v) is 2.53. The molecule has 0 bridgehead atoms. The summed E-state index contributed by atoms with van der Waals surface area (Å²) >= 11 is 0. The van der Waals surface area contributed by atoms with Crippen LogP contribution < -0.4 is 10.5 Å². The Hall–Kier alpha value is -1.72. The molecule has 3 N–H and O–H groups in total. The van der Waals surface area contributed by atoms with E-state index in [-0.39, 0.29) is 0 Å². The van der Waals surface area contributed by atoms with Crippen LogP contribution in [0.1, 0.15) is 12.5 Å². The number of aryl methyl sites for hydroxylation is 1. The van der Waals surface area contributed by atoms with Crippen LogP contribution in [-0.2, 0) is 6.42 Å². The Labute approximate surface area is 103 Å². The lowest BCUT2D eigenvalue weighted by molar-refractivity contribution is -0.162. The molecule has 1 unspecified atom stereocenters. The molecule has 0 saturated carbocycles. The van der Waals surface area contributed by atoms with Crippen molar-refractivity contribution in [2.75, 3.05) is 6.61 Å². The van der Waals surface area contributed by atoms with Gasteiger partial charge in [0.25, 0.3) is 0 Å². The molecule has 1 rings (SSSR count). The molecule has 0 aliphatic heterocycles. The topological polar surface area (TPSA) is 59.1 Å². The van der Waals surface area contributed by atoms with E-state index in [1.54, 1.807) is 24.3 Å². The summed E-state index contributed by atoms with van der Waals surface area (Å²) in [7, 11) is 0. The van der Waals surface area contributed by atoms with Gasteiger partial charge in [-0.05, 0) is 18.1 Å². The van der Waals surface area contributed by atoms with Crippen LogP contribution in [0, 0.1) is 11.3 Å². The molecular formula is C12H15F3N2O. The van der Waals surface area contributed by atoms with Crippen LogP contribution in [0.5, 0.6) is 5.75 Å². The van der Waals surface area contributed by atoms with Crippen molar-refractivity contribution in [1.82, 2.24) is 0 Å². The second kappa shape index (κ2) is 5.75. The van der Waals surface area contributed by atoms with E-state index in [9.17, 15) is 13.2 Å². The Bertz CT molecular complexity index is 418. The van der Waals surface area contributed by atoms with Gasteiger partial charge in [0.05, 0.1) is 0 Å². The molecular weight excluding hydrogens is 245 g/mol. The molecule has 0 saturated heterocycles. The fraction of sp³-hybridized carbons (Fsp3) is 0.417. The second-order valence-electron chi connectivity index (χ2n) is 3.82. The average molecular weight is 260 g/mol. The van der Waals surface area contributed by atoms with Gasteiger partial charge in [-0.1, -0.05) is 25.1 Å². The third kappa shape index (κ3) is 3.65. The van der Waals surface area contributed by atoms with E-state index in [4.69, 9.17) is 15.9 Å². The molecule has 1 aromatic carbocycles. The average Bonchev–Trinajstić information content (AvgIpc) is 2.27.